The summed E-state index contributed by atoms with van der Waals surface area (Å²) in [5.41, 5.74) is 1.30. The summed E-state index contributed by atoms with van der Waals surface area (Å²) in [7, 11) is -2.12. The van der Waals surface area contributed by atoms with Crippen LogP contribution in [0.3, 0.4) is 0 Å². The summed E-state index contributed by atoms with van der Waals surface area (Å²) < 4.78 is 31.2. The minimum atomic E-state index is -4.05. The first-order valence-corrected chi connectivity index (χ1v) is 7.62. The van der Waals surface area contributed by atoms with Crippen LogP contribution in [-0.2, 0) is 16.5 Å². The molecule has 1 aromatic heterocycles. The number of hydrogen-bond donors (Lipinski definition) is 0. The van der Waals surface area contributed by atoms with Gasteiger partial charge >= 0.3 is 18.9 Å². The van der Waals surface area contributed by atoms with Crippen molar-refractivity contribution in [3.8, 4) is 0 Å². The average molecular weight is 269 g/mol. The van der Waals surface area contributed by atoms with E-state index in [1.54, 1.807) is 11.3 Å². The second-order valence-electron chi connectivity index (χ2n) is 3.80. The van der Waals surface area contributed by atoms with Crippen LogP contribution in [0.2, 0.25) is 0 Å². The molecule has 0 amide bonds. The van der Waals surface area contributed by atoms with Crippen molar-refractivity contribution in [3.05, 3.63) is 22.4 Å². The molecule has 0 unspecified atom stereocenters. The van der Waals surface area contributed by atoms with Crippen LogP contribution in [-0.4, -0.2) is 43.8 Å². The second kappa shape index (κ2) is 8.30. The summed E-state index contributed by atoms with van der Waals surface area (Å²) in [5, 5.41) is 4.15. The predicted molar refractivity (Wildman–Crippen MR) is 64.7 cm³/mol. The topological polar surface area (TPSA) is 60.4 Å². The van der Waals surface area contributed by atoms with Crippen LogP contribution in [0, 0.1) is 0 Å². The summed E-state index contributed by atoms with van der Waals surface area (Å²) >= 11 is 1.67. The van der Waals surface area contributed by atoms with E-state index in [0.29, 0.717) is 13.0 Å². The molecule has 0 spiro atoms. The van der Waals surface area contributed by atoms with E-state index in [2.05, 4.69) is 11.4 Å². The van der Waals surface area contributed by atoms with Gasteiger partial charge in [0.1, 0.15) is 0 Å². The van der Waals surface area contributed by atoms with Crippen molar-refractivity contribution in [1.29, 1.82) is 0 Å². The molecule has 1 aromatic rings. The largest absolute Gasteiger partial charge is 1.00 e. The molecule has 0 radical (unpaired) electrons. The van der Waals surface area contributed by atoms with E-state index >= 15 is 0 Å². The fourth-order valence-corrected chi connectivity index (χ4v) is 2.56. The van der Waals surface area contributed by atoms with E-state index in [-0.39, 0.29) is 24.6 Å². The van der Waals surface area contributed by atoms with Gasteiger partial charge in [-0.25, -0.2) is 8.42 Å². The summed E-state index contributed by atoms with van der Waals surface area (Å²) in [6.07, 6.45) is 1.37. The molecule has 0 saturated carbocycles. The Balaban J connectivity index is 0.00000256. The van der Waals surface area contributed by atoms with Crippen LogP contribution in [0.15, 0.2) is 16.8 Å². The Morgan fingerprint density at radius 3 is 2.65 bits per heavy atom. The fraction of sp³-hybridized carbons (Fsp3) is 0.600. The first-order valence-electron chi connectivity index (χ1n) is 5.10. The van der Waals surface area contributed by atoms with Crippen molar-refractivity contribution in [3.63, 3.8) is 0 Å². The molecule has 0 aliphatic rings. The van der Waals surface area contributed by atoms with Crippen LogP contribution in [0.25, 0.3) is 0 Å². The summed E-state index contributed by atoms with van der Waals surface area (Å²) in [5.74, 6) is -0.268. The van der Waals surface area contributed by atoms with Crippen LogP contribution in [0.4, 0.5) is 0 Å². The van der Waals surface area contributed by atoms with Gasteiger partial charge in [-0.3, -0.25) is 0 Å². The van der Waals surface area contributed by atoms with Gasteiger partial charge in [-0.1, -0.05) is 0 Å². The molecule has 0 atom stereocenters. The van der Waals surface area contributed by atoms with Gasteiger partial charge in [-0.15, -0.1) is 0 Å². The molecular weight excluding hydrogens is 253 g/mol. The predicted octanol–water partition coefficient (Wildman–Crippen LogP) is -1.84. The molecule has 1 rings (SSSR count). The second-order valence-corrected chi connectivity index (χ2v) is 6.10. The zero-order chi connectivity index (χ0) is 12.0. The molecule has 0 N–H and O–H groups in total. The third-order valence-corrected chi connectivity index (χ3v) is 3.82. The van der Waals surface area contributed by atoms with Gasteiger partial charge in [0.05, 0.1) is 10.1 Å². The van der Waals surface area contributed by atoms with E-state index in [1.165, 1.54) is 5.56 Å². The third-order valence-electron chi connectivity index (χ3n) is 2.30. The van der Waals surface area contributed by atoms with Crippen LogP contribution >= 0.6 is 11.3 Å². The molecule has 1 heterocycles. The molecule has 0 fully saturated rings. The van der Waals surface area contributed by atoms with E-state index in [1.807, 2.05) is 17.3 Å². The van der Waals surface area contributed by atoms with Gasteiger partial charge < -0.3 is 9.45 Å². The van der Waals surface area contributed by atoms with Crippen molar-refractivity contribution in [2.45, 2.75) is 12.8 Å². The van der Waals surface area contributed by atoms with Gasteiger partial charge in [-0.2, -0.15) is 11.3 Å². The van der Waals surface area contributed by atoms with Crippen LogP contribution in [0.1, 0.15) is 12.0 Å². The Morgan fingerprint density at radius 1 is 1.41 bits per heavy atom. The first kappa shape index (κ1) is 17.2. The Kier molecular flexibility index (Phi) is 8.38. The van der Waals surface area contributed by atoms with Crippen molar-refractivity contribution in [1.82, 2.24) is 4.90 Å². The maximum atomic E-state index is 10.4. The van der Waals surface area contributed by atoms with E-state index in [0.717, 1.165) is 13.0 Å². The first-order chi connectivity index (χ1) is 7.47. The quantitative estimate of drug-likeness (QED) is 0.431. The Labute approximate surface area is 119 Å². The minimum Gasteiger partial charge on any atom is -0.748 e. The van der Waals surface area contributed by atoms with Gasteiger partial charge in [0.25, 0.3) is 0 Å². The van der Waals surface area contributed by atoms with E-state index in [4.69, 9.17) is 0 Å². The van der Waals surface area contributed by atoms with Crippen molar-refractivity contribution in [2.24, 2.45) is 0 Å². The number of rotatable bonds is 7. The maximum absolute atomic E-state index is 10.4. The van der Waals surface area contributed by atoms with Crippen molar-refractivity contribution >= 4 is 21.5 Å². The Morgan fingerprint density at radius 2 is 2.12 bits per heavy atom. The molecule has 0 bridgehead atoms. The fourth-order valence-electron chi connectivity index (χ4n) is 1.38. The van der Waals surface area contributed by atoms with Gasteiger partial charge in [0, 0.05) is 12.3 Å². The normalized spacial score (nSPS) is 11.5. The van der Waals surface area contributed by atoms with E-state index < -0.39 is 10.1 Å². The monoisotopic (exact) mass is 269 g/mol. The molecule has 0 aromatic carbocycles. The number of hydrogen-bond acceptors (Lipinski definition) is 5. The molecule has 0 saturated heterocycles. The van der Waals surface area contributed by atoms with Crippen molar-refractivity contribution in [2.75, 3.05) is 25.9 Å². The Bertz CT molecular complexity index is 392. The third kappa shape index (κ3) is 8.83. The molecule has 4 nitrogen and oxygen atoms in total. The summed E-state index contributed by atoms with van der Waals surface area (Å²) in [4.78, 5) is 2.04. The van der Waals surface area contributed by atoms with Crippen molar-refractivity contribution < 1.29 is 31.8 Å². The number of thiophene rings is 1. The minimum absolute atomic E-state index is 0. The molecule has 0 aliphatic carbocycles. The molecule has 17 heavy (non-hydrogen) atoms. The van der Waals surface area contributed by atoms with E-state index in [9.17, 15) is 13.0 Å². The zero-order valence-electron chi connectivity index (χ0n) is 10.3. The summed E-state index contributed by atoms with van der Waals surface area (Å²) in [6, 6.07) is 2.08. The summed E-state index contributed by atoms with van der Waals surface area (Å²) in [6.45, 7) is 1.53. The number of likely N-dealkylation sites (N-methyl/N-ethyl adjacent to an activating group) is 1. The smallest absolute Gasteiger partial charge is 0.748 e. The van der Waals surface area contributed by atoms with Crippen LogP contribution < -0.4 is 18.9 Å². The average Bonchev–Trinajstić information content (AvgIpc) is 2.65. The molecule has 0 aliphatic heterocycles. The van der Waals surface area contributed by atoms with Gasteiger partial charge in [-0.05, 0) is 48.8 Å². The standard InChI is InChI=1S/C10H17NO3S2.Li/c1-11(5-2-8-16(12,13)14)6-3-10-4-7-15-9-10;/h4,7,9H,2-3,5-6,8H2,1H3,(H,12,13,14);/q;+1/p-1. The SMILES string of the molecule is CN(CCCS(=O)(=O)[O-])CCc1ccsc1.[Li+]. The maximum Gasteiger partial charge on any atom is 1.00 e. The molecule has 7 heteroatoms. The van der Waals surface area contributed by atoms with Gasteiger partial charge in [0.2, 0.25) is 0 Å². The van der Waals surface area contributed by atoms with Crippen LogP contribution in [0.5, 0.6) is 0 Å². The Hall–Kier alpha value is 0.167. The number of nitrogens with zero attached hydrogens (tertiary/aromatic N) is 1. The molecular formula is C10H16LiNO3S2. The van der Waals surface area contributed by atoms with Gasteiger partial charge in [0.15, 0.2) is 0 Å². The molecule has 92 valence electrons. The zero-order valence-corrected chi connectivity index (χ0v) is 11.9.